The van der Waals surface area contributed by atoms with Gasteiger partial charge in [-0.2, -0.15) is 0 Å². The van der Waals surface area contributed by atoms with Crippen LogP contribution >= 0.6 is 11.8 Å². The highest BCUT2D eigenvalue weighted by atomic mass is 32.2. The highest BCUT2D eigenvalue weighted by Gasteiger charge is 2.00. The molecule has 2 nitrogen and oxygen atoms in total. The Morgan fingerprint density at radius 3 is 2.50 bits per heavy atom. The molecule has 0 saturated carbocycles. The van der Waals surface area contributed by atoms with Gasteiger partial charge >= 0.3 is 0 Å². The van der Waals surface area contributed by atoms with Crippen LogP contribution in [-0.4, -0.2) is 19.1 Å². The molecular formula is C11H12O2S. The van der Waals surface area contributed by atoms with Crippen LogP contribution < -0.4 is 4.74 Å². The number of ether oxygens (including phenoxy) is 1. The average Bonchev–Trinajstić information content (AvgIpc) is 2.26. The van der Waals surface area contributed by atoms with Crippen molar-refractivity contribution in [2.24, 2.45) is 0 Å². The highest BCUT2D eigenvalue weighted by molar-refractivity contribution is 8.01. The van der Waals surface area contributed by atoms with Crippen molar-refractivity contribution in [3.8, 4) is 5.75 Å². The Labute approximate surface area is 88.0 Å². The Morgan fingerprint density at radius 1 is 1.36 bits per heavy atom. The predicted molar refractivity (Wildman–Crippen MR) is 60.0 cm³/mol. The number of carbonyl (C=O) groups excluding carboxylic acids is 1. The number of allylic oxidation sites excluding steroid dienone is 1. The standard InChI is InChI=1S/C11H12O2S/c1-13-10-5-3-9(4-6-10)11(12)7-8-14-2/h3-8H,1-2H3/b8-7+. The smallest absolute Gasteiger partial charge is 0.186 e. The second kappa shape index (κ2) is 5.50. The molecule has 1 aromatic rings. The molecule has 0 aliphatic carbocycles. The van der Waals surface area contributed by atoms with Gasteiger partial charge in [0.15, 0.2) is 5.78 Å². The largest absolute Gasteiger partial charge is 0.497 e. The number of thioether (sulfide) groups is 1. The average molecular weight is 208 g/mol. The van der Waals surface area contributed by atoms with Crippen LogP contribution in [0, 0.1) is 0 Å². The molecule has 0 amide bonds. The molecule has 1 rings (SSSR count). The summed E-state index contributed by atoms with van der Waals surface area (Å²) in [5.74, 6) is 0.775. The lowest BCUT2D eigenvalue weighted by Gasteiger charge is -1.99. The van der Waals surface area contributed by atoms with Crippen molar-refractivity contribution in [2.75, 3.05) is 13.4 Å². The molecule has 0 spiro atoms. The molecule has 0 atom stereocenters. The van der Waals surface area contributed by atoms with E-state index >= 15 is 0 Å². The lowest BCUT2D eigenvalue weighted by atomic mass is 10.1. The topological polar surface area (TPSA) is 26.3 Å². The molecule has 0 aromatic heterocycles. The number of hydrogen-bond donors (Lipinski definition) is 0. The molecule has 0 aliphatic heterocycles. The maximum absolute atomic E-state index is 11.5. The predicted octanol–water partition coefficient (Wildman–Crippen LogP) is 2.75. The number of methoxy groups -OCH3 is 1. The van der Waals surface area contributed by atoms with E-state index in [1.807, 2.05) is 6.26 Å². The van der Waals surface area contributed by atoms with Gasteiger partial charge in [0.25, 0.3) is 0 Å². The second-order valence-electron chi connectivity index (χ2n) is 2.63. The number of carbonyl (C=O) groups is 1. The first-order valence-electron chi connectivity index (χ1n) is 4.15. The summed E-state index contributed by atoms with van der Waals surface area (Å²) in [4.78, 5) is 11.5. The quantitative estimate of drug-likeness (QED) is 0.562. The Morgan fingerprint density at radius 2 is 2.00 bits per heavy atom. The second-order valence-corrected chi connectivity index (χ2v) is 3.37. The van der Waals surface area contributed by atoms with Crippen LogP contribution in [0.25, 0.3) is 0 Å². The molecule has 0 heterocycles. The van der Waals surface area contributed by atoms with Gasteiger partial charge in [0.05, 0.1) is 7.11 Å². The summed E-state index contributed by atoms with van der Waals surface area (Å²) in [5, 5.41) is 1.77. The van der Waals surface area contributed by atoms with E-state index in [9.17, 15) is 4.79 Å². The highest BCUT2D eigenvalue weighted by Crippen LogP contribution is 2.12. The maximum atomic E-state index is 11.5. The minimum Gasteiger partial charge on any atom is -0.497 e. The lowest BCUT2D eigenvalue weighted by molar-refractivity contribution is 0.104. The molecular weight excluding hydrogens is 196 g/mol. The van der Waals surface area contributed by atoms with Crippen LogP contribution in [0.4, 0.5) is 0 Å². The Hall–Kier alpha value is -1.22. The zero-order valence-electron chi connectivity index (χ0n) is 8.19. The van der Waals surface area contributed by atoms with Crippen molar-refractivity contribution < 1.29 is 9.53 Å². The fraction of sp³-hybridized carbons (Fsp3) is 0.182. The third kappa shape index (κ3) is 2.92. The fourth-order valence-electron chi connectivity index (χ4n) is 0.981. The van der Waals surface area contributed by atoms with Crippen molar-refractivity contribution in [1.29, 1.82) is 0 Å². The minimum atomic E-state index is 0.0157. The van der Waals surface area contributed by atoms with Gasteiger partial charge in [-0.15, -0.1) is 11.8 Å². The van der Waals surface area contributed by atoms with E-state index in [2.05, 4.69) is 0 Å². The van der Waals surface area contributed by atoms with E-state index in [-0.39, 0.29) is 5.78 Å². The van der Waals surface area contributed by atoms with E-state index in [1.54, 1.807) is 42.9 Å². The summed E-state index contributed by atoms with van der Waals surface area (Å²) in [6.07, 6.45) is 3.48. The van der Waals surface area contributed by atoms with Crippen molar-refractivity contribution in [1.82, 2.24) is 0 Å². The molecule has 0 radical (unpaired) electrons. The summed E-state index contributed by atoms with van der Waals surface area (Å²) in [5.41, 5.74) is 0.677. The molecule has 0 saturated heterocycles. The summed E-state index contributed by atoms with van der Waals surface area (Å²) in [6.45, 7) is 0. The van der Waals surface area contributed by atoms with Crippen LogP contribution in [0.1, 0.15) is 10.4 Å². The SMILES string of the molecule is COc1ccc(C(=O)/C=C/SC)cc1. The maximum Gasteiger partial charge on any atom is 0.186 e. The lowest BCUT2D eigenvalue weighted by Crippen LogP contribution is -1.93. The minimum absolute atomic E-state index is 0.0157. The molecule has 0 aliphatic rings. The van der Waals surface area contributed by atoms with E-state index in [0.29, 0.717) is 5.56 Å². The number of rotatable bonds is 4. The third-order valence-corrected chi connectivity index (χ3v) is 2.14. The van der Waals surface area contributed by atoms with E-state index in [0.717, 1.165) is 5.75 Å². The summed E-state index contributed by atoms with van der Waals surface area (Å²) in [7, 11) is 1.60. The van der Waals surface area contributed by atoms with Crippen LogP contribution in [-0.2, 0) is 0 Å². The van der Waals surface area contributed by atoms with Gasteiger partial charge in [0.2, 0.25) is 0 Å². The van der Waals surface area contributed by atoms with Gasteiger partial charge in [0, 0.05) is 5.56 Å². The third-order valence-electron chi connectivity index (χ3n) is 1.73. The first-order chi connectivity index (χ1) is 6.77. The molecule has 74 valence electrons. The normalized spacial score (nSPS) is 10.4. The molecule has 0 unspecified atom stereocenters. The van der Waals surface area contributed by atoms with Crippen LogP contribution in [0.15, 0.2) is 35.7 Å². The van der Waals surface area contributed by atoms with Gasteiger partial charge in [-0.1, -0.05) is 0 Å². The van der Waals surface area contributed by atoms with E-state index in [4.69, 9.17) is 4.74 Å². The monoisotopic (exact) mass is 208 g/mol. The number of benzene rings is 1. The first-order valence-corrected chi connectivity index (χ1v) is 5.44. The summed E-state index contributed by atoms with van der Waals surface area (Å²) >= 11 is 1.51. The number of ketones is 1. The van der Waals surface area contributed by atoms with E-state index in [1.165, 1.54) is 11.8 Å². The van der Waals surface area contributed by atoms with Crippen LogP contribution in [0.5, 0.6) is 5.75 Å². The summed E-state index contributed by atoms with van der Waals surface area (Å²) < 4.78 is 5.00. The van der Waals surface area contributed by atoms with Crippen molar-refractivity contribution in [2.45, 2.75) is 0 Å². The van der Waals surface area contributed by atoms with Gasteiger partial charge in [-0.25, -0.2) is 0 Å². The zero-order chi connectivity index (χ0) is 10.4. The molecule has 0 N–H and O–H groups in total. The van der Waals surface area contributed by atoms with E-state index < -0.39 is 0 Å². The Bertz CT molecular complexity index is 328. The molecule has 1 aromatic carbocycles. The Kier molecular flexibility index (Phi) is 4.26. The summed E-state index contributed by atoms with van der Waals surface area (Å²) in [6, 6.07) is 7.07. The molecule has 0 bridgehead atoms. The van der Waals surface area contributed by atoms with Gasteiger partial charge in [-0.05, 0) is 42.0 Å². The zero-order valence-corrected chi connectivity index (χ0v) is 9.01. The van der Waals surface area contributed by atoms with Crippen molar-refractivity contribution >= 4 is 17.5 Å². The van der Waals surface area contributed by atoms with Crippen LogP contribution in [0.3, 0.4) is 0 Å². The molecule has 0 fully saturated rings. The van der Waals surface area contributed by atoms with Crippen LogP contribution in [0.2, 0.25) is 0 Å². The molecule has 3 heteroatoms. The fourth-order valence-corrected chi connectivity index (χ4v) is 1.24. The van der Waals surface area contributed by atoms with Gasteiger partial charge in [-0.3, -0.25) is 4.79 Å². The Balaban J connectivity index is 2.76. The van der Waals surface area contributed by atoms with Crippen molar-refractivity contribution in [3.63, 3.8) is 0 Å². The molecule has 14 heavy (non-hydrogen) atoms. The van der Waals surface area contributed by atoms with Crippen molar-refractivity contribution in [3.05, 3.63) is 41.3 Å². The number of hydrogen-bond acceptors (Lipinski definition) is 3. The first kappa shape index (κ1) is 10.9. The van der Waals surface area contributed by atoms with Gasteiger partial charge in [0.1, 0.15) is 5.75 Å². The van der Waals surface area contributed by atoms with Gasteiger partial charge < -0.3 is 4.74 Å².